The minimum atomic E-state index is -0.202. The van der Waals surface area contributed by atoms with Crippen molar-refractivity contribution in [2.45, 2.75) is 12.8 Å². The number of morpholine rings is 1. The first kappa shape index (κ1) is 24.9. The molecule has 10 nitrogen and oxygen atoms in total. The molecule has 39 heavy (non-hydrogen) atoms. The van der Waals surface area contributed by atoms with E-state index in [-0.39, 0.29) is 11.8 Å². The Bertz CT molecular complexity index is 1560. The number of nitrogens with zero attached hydrogens (tertiary/aromatic N) is 5. The number of aryl methyl sites for hydroxylation is 1. The highest BCUT2D eigenvalue weighted by atomic mass is 16.5. The number of rotatable bonds is 5. The number of methoxy groups -OCH3 is 2. The van der Waals surface area contributed by atoms with Gasteiger partial charge in [-0.1, -0.05) is 0 Å². The van der Waals surface area contributed by atoms with Gasteiger partial charge in [0.2, 0.25) is 0 Å². The summed E-state index contributed by atoms with van der Waals surface area (Å²) in [4.78, 5) is 34.7. The van der Waals surface area contributed by atoms with E-state index < -0.39 is 0 Å². The first-order chi connectivity index (χ1) is 19.1. The lowest BCUT2D eigenvalue weighted by Gasteiger charge is -2.30. The van der Waals surface area contributed by atoms with E-state index in [1.165, 1.54) is 0 Å². The van der Waals surface area contributed by atoms with Gasteiger partial charge < -0.3 is 24.0 Å². The summed E-state index contributed by atoms with van der Waals surface area (Å²) in [7, 11) is 3.18. The molecule has 0 spiro atoms. The van der Waals surface area contributed by atoms with Crippen LogP contribution in [0.5, 0.6) is 11.5 Å². The Morgan fingerprint density at radius 1 is 0.897 bits per heavy atom. The molecule has 10 heteroatoms. The van der Waals surface area contributed by atoms with Crippen LogP contribution in [0, 0.1) is 0 Å². The van der Waals surface area contributed by atoms with Crippen molar-refractivity contribution in [1.29, 1.82) is 0 Å². The van der Waals surface area contributed by atoms with Gasteiger partial charge in [-0.15, -0.1) is 0 Å². The number of anilines is 1. The Morgan fingerprint density at radius 3 is 2.51 bits per heavy atom. The van der Waals surface area contributed by atoms with Gasteiger partial charge in [0.1, 0.15) is 0 Å². The molecule has 2 aliphatic rings. The van der Waals surface area contributed by atoms with Crippen molar-refractivity contribution in [2.24, 2.45) is 0 Å². The fourth-order valence-electron chi connectivity index (χ4n) is 5.24. The standard InChI is InChI=1S/C29H29N5O5/c1-37-25-8-6-20(17-26(25)38-2)24-9-10-30-27-18-22(31-34(24)27)29(36)33-11-3-4-19-16-21(5-7-23(19)33)28(35)32-12-14-39-15-13-32/h5-10,16-18H,3-4,11-15H2,1-2H3. The molecular formula is C29H29N5O5. The Hall–Kier alpha value is -4.44. The molecule has 0 aliphatic carbocycles. The largest absolute Gasteiger partial charge is 0.493 e. The normalized spacial score (nSPS) is 15.2. The van der Waals surface area contributed by atoms with E-state index in [1.54, 1.807) is 35.9 Å². The number of hydrogen-bond donors (Lipinski definition) is 0. The molecule has 1 saturated heterocycles. The summed E-state index contributed by atoms with van der Waals surface area (Å²) in [6.07, 6.45) is 3.30. The van der Waals surface area contributed by atoms with E-state index in [1.807, 2.05) is 47.4 Å². The molecule has 0 radical (unpaired) electrons. The Kier molecular flexibility index (Phi) is 6.62. The summed E-state index contributed by atoms with van der Waals surface area (Å²) in [5, 5.41) is 4.66. The molecule has 4 heterocycles. The second-order valence-electron chi connectivity index (χ2n) is 9.51. The number of fused-ring (bicyclic) bond motifs is 2. The number of carbonyl (C=O) groups excluding carboxylic acids is 2. The zero-order valence-electron chi connectivity index (χ0n) is 21.9. The number of benzene rings is 2. The summed E-state index contributed by atoms with van der Waals surface area (Å²) < 4.78 is 17.9. The highest BCUT2D eigenvalue weighted by Gasteiger charge is 2.28. The molecule has 0 saturated carbocycles. The van der Waals surface area contributed by atoms with Gasteiger partial charge in [-0.05, 0) is 60.9 Å². The molecule has 2 aromatic heterocycles. The molecule has 0 N–H and O–H groups in total. The van der Waals surface area contributed by atoms with E-state index >= 15 is 0 Å². The van der Waals surface area contributed by atoms with E-state index in [9.17, 15) is 9.59 Å². The highest BCUT2D eigenvalue weighted by molar-refractivity contribution is 6.06. The summed E-state index contributed by atoms with van der Waals surface area (Å²) in [5.74, 6) is 1.02. The lowest BCUT2D eigenvalue weighted by Crippen LogP contribution is -2.41. The van der Waals surface area contributed by atoms with Crippen LogP contribution in [0.3, 0.4) is 0 Å². The number of carbonyl (C=O) groups is 2. The van der Waals surface area contributed by atoms with Crippen molar-refractivity contribution in [1.82, 2.24) is 19.5 Å². The average Bonchev–Trinajstić information content (AvgIpc) is 3.44. The van der Waals surface area contributed by atoms with Crippen molar-refractivity contribution in [3.63, 3.8) is 0 Å². The summed E-state index contributed by atoms with van der Waals surface area (Å²) in [6.45, 7) is 2.87. The lowest BCUT2D eigenvalue weighted by molar-refractivity contribution is 0.0303. The van der Waals surface area contributed by atoms with Crippen LogP contribution in [-0.2, 0) is 11.2 Å². The monoisotopic (exact) mass is 527 g/mol. The molecule has 200 valence electrons. The molecule has 0 unspecified atom stereocenters. The zero-order chi connectivity index (χ0) is 26.9. The van der Waals surface area contributed by atoms with Crippen LogP contribution >= 0.6 is 0 Å². The van der Waals surface area contributed by atoms with E-state index in [4.69, 9.17) is 14.2 Å². The van der Waals surface area contributed by atoms with Gasteiger partial charge in [0, 0.05) is 48.7 Å². The predicted octanol–water partition coefficient (Wildman–Crippen LogP) is 3.48. The van der Waals surface area contributed by atoms with Crippen LogP contribution in [0.15, 0.2) is 54.7 Å². The van der Waals surface area contributed by atoms with Crippen LogP contribution in [-0.4, -0.2) is 78.4 Å². The molecule has 0 bridgehead atoms. The number of hydrogen-bond acceptors (Lipinski definition) is 7. The molecule has 2 amide bonds. The van der Waals surface area contributed by atoms with Crippen molar-refractivity contribution in [2.75, 3.05) is 52.0 Å². The minimum absolute atomic E-state index is 0.00123. The SMILES string of the molecule is COc1ccc(-c2ccnc3cc(C(=O)N4CCCc5cc(C(=O)N6CCOCC6)ccc54)nn23)cc1OC. The smallest absolute Gasteiger partial charge is 0.278 e. The molecule has 6 rings (SSSR count). The van der Waals surface area contributed by atoms with E-state index in [0.717, 1.165) is 35.3 Å². The van der Waals surface area contributed by atoms with Crippen molar-refractivity contribution < 1.29 is 23.8 Å². The Labute approximate surface area is 225 Å². The number of aromatic nitrogens is 3. The number of amides is 2. The Balaban J connectivity index is 1.30. The van der Waals surface area contributed by atoms with Gasteiger partial charge in [0.25, 0.3) is 11.8 Å². The quantitative estimate of drug-likeness (QED) is 0.392. The van der Waals surface area contributed by atoms with Crippen LogP contribution in [0.4, 0.5) is 5.69 Å². The molecule has 2 aliphatic heterocycles. The minimum Gasteiger partial charge on any atom is -0.493 e. The van der Waals surface area contributed by atoms with Crippen molar-refractivity contribution in [3.05, 3.63) is 71.5 Å². The molecule has 0 atom stereocenters. The second kappa shape index (κ2) is 10.4. The first-order valence-electron chi connectivity index (χ1n) is 13.0. The molecule has 1 fully saturated rings. The lowest BCUT2D eigenvalue weighted by atomic mass is 9.98. The third kappa shape index (κ3) is 4.57. The van der Waals surface area contributed by atoms with Crippen molar-refractivity contribution in [3.8, 4) is 22.8 Å². The van der Waals surface area contributed by atoms with Gasteiger partial charge in [-0.25, -0.2) is 9.50 Å². The van der Waals surface area contributed by atoms with Gasteiger partial charge in [0.15, 0.2) is 22.8 Å². The molecule has 2 aromatic carbocycles. The predicted molar refractivity (Wildman–Crippen MR) is 145 cm³/mol. The fraction of sp³-hybridized carbons (Fsp3) is 0.310. The fourth-order valence-corrected chi connectivity index (χ4v) is 5.24. The zero-order valence-corrected chi connectivity index (χ0v) is 21.9. The molecule has 4 aromatic rings. The van der Waals surface area contributed by atoms with Crippen LogP contribution in [0.2, 0.25) is 0 Å². The third-order valence-electron chi connectivity index (χ3n) is 7.24. The van der Waals surface area contributed by atoms with Crippen LogP contribution in [0.1, 0.15) is 32.8 Å². The van der Waals surface area contributed by atoms with Crippen molar-refractivity contribution >= 4 is 23.1 Å². The maximum Gasteiger partial charge on any atom is 0.278 e. The summed E-state index contributed by atoms with van der Waals surface area (Å²) in [5.41, 5.74) is 4.93. The van der Waals surface area contributed by atoms with E-state index in [2.05, 4.69) is 10.1 Å². The second-order valence-corrected chi connectivity index (χ2v) is 9.51. The first-order valence-corrected chi connectivity index (χ1v) is 13.0. The summed E-state index contributed by atoms with van der Waals surface area (Å²) in [6, 6.07) is 14.8. The topological polar surface area (TPSA) is 98.5 Å². The summed E-state index contributed by atoms with van der Waals surface area (Å²) >= 11 is 0. The number of ether oxygens (including phenoxy) is 3. The average molecular weight is 528 g/mol. The highest BCUT2D eigenvalue weighted by Crippen LogP contribution is 2.33. The van der Waals surface area contributed by atoms with E-state index in [0.29, 0.717) is 61.3 Å². The maximum atomic E-state index is 13.7. The van der Waals surface area contributed by atoms with Gasteiger partial charge >= 0.3 is 0 Å². The molecular weight excluding hydrogens is 498 g/mol. The van der Waals surface area contributed by atoms with Gasteiger partial charge in [0.05, 0.1) is 33.1 Å². The third-order valence-corrected chi connectivity index (χ3v) is 7.24. The van der Waals surface area contributed by atoms with Gasteiger partial charge in [-0.3, -0.25) is 9.59 Å². The van der Waals surface area contributed by atoms with Crippen LogP contribution < -0.4 is 14.4 Å². The van der Waals surface area contributed by atoms with Crippen LogP contribution in [0.25, 0.3) is 16.9 Å². The maximum absolute atomic E-state index is 13.7. The van der Waals surface area contributed by atoms with Gasteiger partial charge in [-0.2, -0.15) is 5.10 Å². The Morgan fingerprint density at radius 2 is 1.72 bits per heavy atom.